The molecule has 3 saturated carbocycles. The fourth-order valence-electron chi connectivity index (χ4n) is 20.2. The zero-order valence-corrected chi connectivity index (χ0v) is 82.7. The Labute approximate surface area is 852 Å². The topological polar surface area (TPSA) is 494 Å². The Kier molecular flexibility index (Phi) is 32.7. The number of carbonyl (C=O) groups is 8. The first-order valence-electron chi connectivity index (χ1n) is 49.7. The average molecular weight is 2020 g/mol. The van der Waals surface area contributed by atoms with Crippen LogP contribution < -0.4 is 22.9 Å². The van der Waals surface area contributed by atoms with Gasteiger partial charge in [-0.3, -0.25) is 81.4 Å². The molecule has 0 radical (unpaired) electrons. The molecule has 0 bridgehead atoms. The lowest BCUT2D eigenvalue weighted by Crippen LogP contribution is -2.54. The van der Waals surface area contributed by atoms with E-state index in [1.165, 1.54) is 50.6 Å². The van der Waals surface area contributed by atoms with Crippen LogP contribution in [0.2, 0.25) is 0 Å². The zero-order valence-electron chi connectivity index (χ0n) is 82.7. The number of phenols is 1. The van der Waals surface area contributed by atoms with Crippen LogP contribution in [-0.4, -0.2) is 205 Å². The van der Waals surface area contributed by atoms with Crippen molar-refractivity contribution in [3.8, 4) is 74.9 Å². The number of amides is 4. The summed E-state index contributed by atoms with van der Waals surface area (Å²) in [6, 6.07) is 53.5. The molecule has 4 saturated heterocycles. The van der Waals surface area contributed by atoms with Gasteiger partial charge in [-0.25, -0.2) is 17.6 Å². The molecule has 7 aliphatic rings. The van der Waals surface area contributed by atoms with Crippen LogP contribution in [0.5, 0.6) is 5.75 Å². The number of carbonyl (C=O) groups excluding carboxylic acids is 8. The number of methoxy groups -OCH3 is 1. The van der Waals surface area contributed by atoms with Crippen molar-refractivity contribution in [1.29, 1.82) is 21.0 Å². The van der Waals surface area contributed by atoms with Gasteiger partial charge >= 0.3 is 5.97 Å². The number of benzene rings is 5. The molecule has 148 heavy (non-hydrogen) atoms. The lowest BCUT2D eigenvalue weighted by atomic mass is 9.83. The van der Waals surface area contributed by atoms with Gasteiger partial charge in [-0.15, -0.1) is 0 Å². The number of nitrogens with zero attached hydrogens (tertiary/aromatic N) is 18. The number of halogens is 4. The van der Waals surface area contributed by atoms with E-state index in [1.54, 1.807) is 18.8 Å². The molecule has 34 nitrogen and oxygen atoms in total. The van der Waals surface area contributed by atoms with Crippen molar-refractivity contribution in [3.05, 3.63) is 262 Å². The van der Waals surface area contributed by atoms with Gasteiger partial charge in [0.2, 0.25) is 0 Å². The number of alkyl halides is 4. The minimum absolute atomic E-state index is 0.000561. The highest BCUT2D eigenvalue weighted by atomic mass is 19.1. The van der Waals surface area contributed by atoms with Crippen molar-refractivity contribution in [3.63, 3.8) is 0 Å². The quantitative estimate of drug-likeness (QED) is 0.0180. The summed E-state index contributed by atoms with van der Waals surface area (Å²) < 4.78 is 86.2. The molecule has 5 aromatic carbocycles. The third-order valence-electron chi connectivity index (χ3n) is 29.7. The number of primary amides is 4. The van der Waals surface area contributed by atoms with E-state index in [0.29, 0.717) is 71.6 Å². The number of hydrogen-bond acceptors (Lipinski definition) is 25. The van der Waals surface area contributed by atoms with E-state index in [-0.39, 0.29) is 170 Å². The number of aromatic nitrogens is 10. The number of piperidine rings is 4. The first-order valence-corrected chi connectivity index (χ1v) is 49.7. The van der Waals surface area contributed by atoms with Gasteiger partial charge in [0.1, 0.15) is 75.7 Å². The first kappa shape index (κ1) is 105. The molecule has 4 aliphatic heterocycles. The molecular formula is C110H118F4N22O12. The Bertz CT molecular complexity index is 6780. The molecule has 768 valence electrons. The van der Waals surface area contributed by atoms with Crippen LogP contribution in [0.1, 0.15) is 189 Å². The van der Waals surface area contributed by atoms with Crippen LogP contribution in [-0.2, 0) is 104 Å². The van der Waals surface area contributed by atoms with Gasteiger partial charge in [0, 0.05) is 156 Å². The van der Waals surface area contributed by atoms with Gasteiger partial charge in [-0.2, -0.15) is 46.5 Å². The number of furan rings is 2. The molecule has 38 heteroatoms. The Morgan fingerprint density at radius 3 is 1.13 bits per heavy atom. The molecule has 8 unspecified atom stereocenters. The van der Waals surface area contributed by atoms with E-state index < -0.39 is 76.4 Å². The lowest BCUT2D eigenvalue weighted by Gasteiger charge is -2.43. The zero-order chi connectivity index (χ0) is 105. The summed E-state index contributed by atoms with van der Waals surface area (Å²) in [5, 5.41) is 71.4. The molecule has 7 fully saturated rings. The Balaban J connectivity index is 0.000000141. The van der Waals surface area contributed by atoms with Crippen molar-refractivity contribution in [2.24, 2.45) is 40.7 Å². The predicted octanol–water partition coefficient (Wildman–Crippen LogP) is 13.7. The Hall–Kier alpha value is -15.6. The van der Waals surface area contributed by atoms with Crippen molar-refractivity contribution in [2.45, 2.75) is 209 Å². The fraction of sp³-hybridized carbons (Fsp3) is 0.409. The van der Waals surface area contributed by atoms with Crippen LogP contribution in [0.15, 0.2) is 198 Å². The second-order valence-corrected chi connectivity index (χ2v) is 39.5. The highest BCUT2D eigenvalue weighted by Crippen LogP contribution is 2.45. The molecule has 11 heterocycles. The summed E-state index contributed by atoms with van der Waals surface area (Å²) >= 11 is 0. The number of aromatic hydroxyl groups is 1. The summed E-state index contributed by atoms with van der Waals surface area (Å²) in [5.41, 5.74) is 29.7. The van der Waals surface area contributed by atoms with E-state index in [4.69, 9.17) is 31.8 Å². The van der Waals surface area contributed by atoms with Crippen molar-refractivity contribution in [1.82, 2.24) is 68.5 Å². The lowest BCUT2D eigenvalue weighted by molar-refractivity contribution is -0.140. The summed E-state index contributed by atoms with van der Waals surface area (Å²) in [5.74, 6) is -2.49. The number of esters is 1. The number of likely N-dealkylation sites (tertiary alicyclic amines) is 4. The minimum Gasteiger partial charge on any atom is -0.507 e. The van der Waals surface area contributed by atoms with E-state index >= 15 is 17.6 Å². The molecule has 7 aromatic heterocycles. The third-order valence-corrected chi connectivity index (χ3v) is 29.7. The van der Waals surface area contributed by atoms with E-state index in [9.17, 15) is 64.5 Å². The molecule has 8 atom stereocenters. The van der Waals surface area contributed by atoms with Gasteiger partial charge in [-0.1, -0.05) is 115 Å². The maximum atomic E-state index is 16.1. The number of hydrogen-bond donors (Lipinski definition) is 5. The summed E-state index contributed by atoms with van der Waals surface area (Å²) in [4.78, 5) is 105. The molecular weight excluding hydrogens is 1900 g/mol. The van der Waals surface area contributed by atoms with E-state index in [1.807, 2.05) is 184 Å². The Morgan fingerprint density at radius 1 is 0.432 bits per heavy atom. The average Bonchev–Trinajstić information content (AvgIpc) is 1.35. The maximum Gasteiger partial charge on any atom is 0.311 e. The highest BCUT2D eigenvalue weighted by molar-refractivity contribution is 5.98. The molecule has 4 amide bonds. The number of rotatable bonds is 36. The third kappa shape index (κ3) is 23.7. The van der Waals surface area contributed by atoms with Crippen LogP contribution in [0.4, 0.5) is 17.6 Å². The second kappa shape index (κ2) is 46.0. The fourth-order valence-corrected chi connectivity index (χ4v) is 20.2. The van der Waals surface area contributed by atoms with Crippen molar-refractivity contribution in [2.75, 3.05) is 59.5 Å². The number of phenolic OH excluding ortho intramolecular Hbond substituents is 1. The first-order chi connectivity index (χ1) is 71.3. The van der Waals surface area contributed by atoms with Gasteiger partial charge in [0.25, 0.3) is 23.6 Å². The van der Waals surface area contributed by atoms with E-state index in [0.717, 1.165) is 118 Å². The highest BCUT2D eigenvalue weighted by Gasteiger charge is 2.52. The Morgan fingerprint density at radius 2 is 0.804 bits per heavy atom. The SMILES string of the molecule is CCn1ccc(-c2ccc(CN3CCC(CC#N)(n4cc(C(N)=O)c(CC(=O)OC)n4)C(F)C3)cc2)n1.Cc1c(CN2CCC(CC#N)(n3cc(C(N)=O)c(CC(=O)C4CC4)n3)C(F)C2)ccc(-c2ccccc2)c1O.N#CCC1(n2cc(C(N)=O)c(CC(=O)C3CC3)n2)CCN(Cc2ccc(-c3ccco3)cc2)CC1F.N#CCC1(n2cc(C(N)=O)c(CC(=O)C3CC3)n2)CCN(Cc2ccc(-c3ccoc3)cc2)CC1F. The summed E-state index contributed by atoms with van der Waals surface area (Å²) in [6.45, 7) is 9.26. The van der Waals surface area contributed by atoms with Crippen LogP contribution in [0.25, 0.3) is 44.8 Å². The van der Waals surface area contributed by atoms with Crippen LogP contribution >= 0.6 is 0 Å². The molecule has 19 rings (SSSR count). The number of ether oxygens (including phenoxy) is 1. The van der Waals surface area contributed by atoms with Crippen molar-refractivity contribution < 1.29 is 74.6 Å². The minimum atomic E-state index is -1.46. The monoisotopic (exact) mass is 2010 g/mol. The van der Waals surface area contributed by atoms with Gasteiger partial charge in [0.15, 0.2) is 0 Å². The molecule has 3 aliphatic carbocycles. The largest absolute Gasteiger partial charge is 0.507 e. The van der Waals surface area contributed by atoms with Gasteiger partial charge < -0.3 is 41.6 Å². The predicted molar refractivity (Wildman–Crippen MR) is 535 cm³/mol. The van der Waals surface area contributed by atoms with Gasteiger partial charge in [0.05, 0.1) is 152 Å². The molecule has 0 spiro atoms. The summed E-state index contributed by atoms with van der Waals surface area (Å²) in [6.07, 6.45) is 12.3. The maximum absolute atomic E-state index is 16.1. The van der Waals surface area contributed by atoms with Gasteiger partial charge in [-0.05, 0) is 141 Å². The molecule has 9 N–H and O–H groups in total. The number of nitrogens with two attached hydrogens (primary N) is 4. The second-order valence-electron chi connectivity index (χ2n) is 39.5. The molecule has 12 aromatic rings. The smallest absolute Gasteiger partial charge is 0.311 e. The number of ketones is 3. The number of Topliss-reactive ketones (excluding diaryl/α,β-unsaturated/α-hetero) is 3. The summed E-state index contributed by atoms with van der Waals surface area (Å²) in [7, 11) is 1.22. The van der Waals surface area contributed by atoms with Crippen LogP contribution in [0.3, 0.4) is 0 Å². The standard InChI is InChI=1S/C30H32FN5O3.2C27H28FN5O3.C26H30FN7O3/c1-19-22(9-10-23(28(19)38)20-5-3-2-4-6-20)16-35-14-12-30(11-13-32,27(31)18-35)36-17-24(29(33)39)25(34-36)15-26(37)21-7-8-21;28-25-16-32(14-18-1-3-19(4-2-18)21-7-12-36-17-21)11-9-27(25,8-10-29)33-15-22(26(30)35)23(31-33)13-24(34)20-5-6-20;28-25-17-32(15-18-3-5-20(6-4-18)24-2-1-13-36-24)12-10-27(25,9-11-29)33-16-21(26(30)35)22(31-33)14-23(34)19-7-8-19;1-3-33-12-8-21(30-33)19-6-4-18(5-7-19)15-32-13-10-26(9-11-28,23(27)17-32)34-16-20(25(29)36)22(31-34)14-24(35)37-2/h2-6,9-10,17,21,27,38H,7-8,11-12,14-16,18H2,1H3,(H2,33,39);1-4,7,12,15,17,20,25H,5-6,8-9,11,13-14,16H2,(H2,30,35);1-6,13,16,19,25H,7-10,12,14-15,17H2,(H2,30,35);4-8,12,16,23H,3,9-10,13-15,17H2,1-2H3,(H2,29,36). The van der Waals surface area contributed by atoms with Crippen LogP contribution in [0, 0.1) is 70.0 Å². The van der Waals surface area contributed by atoms with Crippen molar-refractivity contribution >= 4 is 46.9 Å². The van der Waals surface area contributed by atoms with E-state index in [2.05, 4.69) is 54.5 Å². The number of aryl methyl sites for hydroxylation is 1. The normalized spacial score (nSPS) is 21.5. The number of nitriles is 4.